The maximum atomic E-state index is 14.3. The van der Waals surface area contributed by atoms with Crippen molar-refractivity contribution < 1.29 is 23.8 Å². The van der Waals surface area contributed by atoms with Gasteiger partial charge in [-0.1, -0.05) is 30.3 Å². The molecule has 0 radical (unpaired) electrons. The molecule has 1 aliphatic rings. The lowest BCUT2D eigenvalue weighted by molar-refractivity contribution is -0.156. The minimum Gasteiger partial charge on any atom is -0.497 e. The Bertz CT molecular complexity index is 1410. The molecule has 4 aromatic rings. The Labute approximate surface area is 210 Å². The highest BCUT2D eigenvalue weighted by atomic mass is 32.1. The number of hydrogen-bond donors (Lipinski definition) is 0. The number of ketones is 1. The van der Waals surface area contributed by atoms with Crippen LogP contribution in [-0.4, -0.2) is 42.5 Å². The number of Topliss-reactive ketones (excluding diaryl/α,β-unsaturated/α-hetero) is 1. The van der Waals surface area contributed by atoms with Gasteiger partial charge in [-0.3, -0.25) is 9.69 Å². The fraction of sp³-hybridized carbons (Fsp3) is 0.269. The molecule has 9 heteroatoms. The van der Waals surface area contributed by atoms with Crippen molar-refractivity contribution in [2.45, 2.75) is 25.6 Å². The first-order chi connectivity index (χ1) is 17.0. The molecule has 0 saturated carbocycles. The van der Waals surface area contributed by atoms with Crippen LogP contribution in [0, 0.1) is 0 Å². The van der Waals surface area contributed by atoms with E-state index in [0.29, 0.717) is 33.5 Å². The first-order valence-corrected chi connectivity index (χ1v) is 12.9. The van der Waals surface area contributed by atoms with Gasteiger partial charge in [-0.2, -0.15) is 0 Å². The maximum Gasteiger partial charge on any atom is 0.340 e. The van der Waals surface area contributed by atoms with E-state index in [4.69, 9.17) is 14.2 Å². The molecular formula is C26H24N2O5S2. The fourth-order valence-corrected chi connectivity index (χ4v) is 6.64. The fourth-order valence-electron chi connectivity index (χ4n) is 4.61. The third-order valence-electron chi connectivity index (χ3n) is 6.26. The standard InChI is InChI=1S/C26H24N2O5S2/c1-4-33-25(30)26(24-19-8-6-5-7-17(19)14-34-24)23(29)22-20(27-15-35-22)13-28(26)12-16-9-10-18(31-2)11-21(16)32-3/h5-11,14-15H,4,12-13H2,1-3H3. The molecule has 2 aromatic carbocycles. The van der Waals surface area contributed by atoms with Crippen LogP contribution >= 0.6 is 22.7 Å². The number of ether oxygens (including phenoxy) is 3. The number of carbonyl (C=O) groups is 2. The Hall–Kier alpha value is -3.27. The Balaban J connectivity index is 1.75. The van der Waals surface area contributed by atoms with Gasteiger partial charge in [0.05, 0.1) is 41.8 Å². The zero-order valence-electron chi connectivity index (χ0n) is 19.6. The van der Waals surface area contributed by atoms with Crippen LogP contribution in [-0.2, 0) is 28.2 Å². The minimum atomic E-state index is -1.64. The minimum absolute atomic E-state index is 0.159. The zero-order valence-corrected chi connectivity index (χ0v) is 21.2. The van der Waals surface area contributed by atoms with Gasteiger partial charge in [-0.15, -0.1) is 22.7 Å². The first-order valence-electron chi connectivity index (χ1n) is 11.1. The highest BCUT2D eigenvalue weighted by Gasteiger charge is 2.59. The van der Waals surface area contributed by atoms with Gasteiger partial charge in [0.1, 0.15) is 11.5 Å². The van der Waals surface area contributed by atoms with Gasteiger partial charge < -0.3 is 14.2 Å². The maximum absolute atomic E-state index is 14.3. The summed E-state index contributed by atoms with van der Waals surface area (Å²) in [7, 11) is 3.18. The lowest BCUT2D eigenvalue weighted by atomic mass is 9.83. The Kier molecular flexibility index (Phi) is 6.31. The third kappa shape index (κ3) is 3.71. The molecule has 0 saturated heterocycles. The van der Waals surface area contributed by atoms with Crippen molar-refractivity contribution in [1.82, 2.24) is 9.88 Å². The van der Waals surface area contributed by atoms with Crippen molar-refractivity contribution in [3.05, 3.63) is 74.4 Å². The van der Waals surface area contributed by atoms with E-state index in [2.05, 4.69) is 4.98 Å². The number of thiophene rings is 1. The predicted molar refractivity (Wildman–Crippen MR) is 135 cm³/mol. The summed E-state index contributed by atoms with van der Waals surface area (Å²) in [5.74, 6) is 0.376. The van der Waals surface area contributed by atoms with Crippen molar-refractivity contribution >= 4 is 45.2 Å². The highest BCUT2D eigenvalue weighted by Crippen LogP contribution is 2.47. The van der Waals surface area contributed by atoms with Gasteiger partial charge in [-0.25, -0.2) is 9.78 Å². The van der Waals surface area contributed by atoms with E-state index in [-0.39, 0.29) is 18.9 Å². The van der Waals surface area contributed by atoms with Crippen LogP contribution in [0.1, 0.15) is 32.7 Å². The lowest BCUT2D eigenvalue weighted by Gasteiger charge is -2.42. The average Bonchev–Trinajstić information content (AvgIpc) is 3.52. The Morgan fingerprint density at radius 2 is 1.97 bits per heavy atom. The number of fused-ring (bicyclic) bond motifs is 2. The van der Waals surface area contributed by atoms with E-state index in [0.717, 1.165) is 16.3 Å². The lowest BCUT2D eigenvalue weighted by Crippen LogP contribution is -2.59. The quantitative estimate of drug-likeness (QED) is 0.256. The molecule has 35 heavy (non-hydrogen) atoms. The normalized spacial score (nSPS) is 17.9. The second kappa shape index (κ2) is 9.41. The molecule has 180 valence electrons. The van der Waals surface area contributed by atoms with Gasteiger partial charge in [0.25, 0.3) is 0 Å². The number of esters is 1. The summed E-state index contributed by atoms with van der Waals surface area (Å²) in [6.45, 7) is 2.48. The largest absolute Gasteiger partial charge is 0.497 e. The summed E-state index contributed by atoms with van der Waals surface area (Å²) in [6, 6.07) is 13.3. The summed E-state index contributed by atoms with van der Waals surface area (Å²) < 4.78 is 16.6. The van der Waals surface area contributed by atoms with Crippen LogP contribution in [0.3, 0.4) is 0 Å². The molecule has 1 atom stereocenters. The molecule has 0 bridgehead atoms. The van der Waals surface area contributed by atoms with E-state index in [1.807, 2.05) is 46.7 Å². The predicted octanol–water partition coefficient (Wildman–Crippen LogP) is 5.03. The second-order valence-electron chi connectivity index (χ2n) is 8.07. The number of aromatic nitrogens is 1. The molecule has 7 nitrogen and oxygen atoms in total. The molecule has 2 aromatic heterocycles. The smallest absolute Gasteiger partial charge is 0.340 e. The molecule has 3 heterocycles. The SMILES string of the molecule is CCOC(=O)C1(c2scc3ccccc23)C(=O)c2scnc2CN1Cc1ccc(OC)cc1OC. The van der Waals surface area contributed by atoms with Crippen molar-refractivity contribution in [2.75, 3.05) is 20.8 Å². The van der Waals surface area contributed by atoms with Crippen molar-refractivity contribution in [3.63, 3.8) is 0 Å². The second-order valence-corrected chi connectivity index (χ2v) is 9.81. The Morgan fingerprint density at radius 3 is 2.74 bits per heavy atom. The zero-order chi connectivity index (χ0) is 24.6. The van der Waals surface area contributed by atoms with Crippen molar-refractivity contribution in [1.29, 1.82) is 0 Å². The van der Waals surface area contributed by atoms with Gasteiger partial charge in [0.2, 0.25) is 11.3 Å². The van der Waals surface area contributed by atoms with Crippen molar-refractivity contribution in [2.24, 2.45) is 0 Å². The van der Waals surface area contributed by atoms with Gasteiger partial charge in [0, 0.05) is 24.7 Å². The number of hydrogen-bond acceptors (Lipinski definition) is 9. The van der Waals surface area contributed by atoms with E-state index in [1.165, 1.54) is 22.7 Å². The van der Waals surface area contributed by atoms with Crippen LogP contribution in [0.5, 0.6) is 11.5 Å². The number of rotatable bonds is 7. The molecular weight excluding hydrogens is 484 g/mol. The molecule has 1 aliphatic heterocycles. The average molecular weight is 509 g/mol. The van der Waals surface area contributed by atoms with E-state index >= 15 is 0 Å². The number of benzene rings is 2. The van der Waals surface area contributed by atoms with Crippen LogP contribution in [0.15, 0.2) is 53.4 Å². The molecule has 1 unspecified atom stereocenters. The molecule has 0 fully saturated rings. The van der Waals surface area contributed by atoms with Gasteiger partial charge >= 0.3 is 5.97 Å². The van der Waals surface area contributed by atoms with Crippen LogP contribution in [0.4, 0.5) is 0 Å². The monoisotopic (exact) mass is 508 g/mol. The molecule has 0 amide bonds. The summed E-state index contributed by atoms with van der Waals surface area (Å²) in [6.07, 6.45) is 0. The van der Waals surface area contributed by atoms with E-state index in [9.17, 15) is 9.59 Å². The van der Waals surface area contributed by atoms with E-state index in [1.54, 1.807) is 32.7 Å². The summed E-state index contributed by atoms with van der Waals surface area (Å²) in [5, 5.41) is 3.81. The summed E-state index contributed by atoms with van der Waals surface area (Å²) in [4.78, 5) is 35.7. The molecule has 5 rings (SSSR count). The topological polar surface area (TPSA) is 78.0 Å². The number of methoxy groups -OCH3 is 2. The summed E-state index contributed by atoms with van der Waals surface area (Å²) in [5.41, 5.74) is 1.49. The van der Waals surface area contributed by atoms with E-state index < -0.39 is 11.5 Å². The summed E-state index contributed by atoms with van der Waals surface area (Å²) >= 11 is 2.67. The molecule has 0 aliphatic carbocycles. The molecule has 0 N–H and O–H groups in total. The van der Waals surface area contributed by atoms with Gasteiger partial charge in [-0.05, 0) is 29.1 Å². The highest BCUT2D eigenvalue weighted by molar-refractivity contribution is 7.13. The number of carbonyl (C=O) groups excluding carboxylic acids is 2. The van der Waals surface area contributed by atoms with Crippen LogP contribution in [0.25, 0.3) is 10.8 Å². The van der Waals surface area contributed by atoms with Crippen molar-refractivity contribution in [3.8, 4) is 11.5 Å². The Morgan fingerprint density at radius 1 is 1.14 bits per heavy atom. The number of nitrogens with zero attached hydrogens (tertiary/aromatic N) is 2. The van der Waals surface area contributed by atoms with Gasteiger partial charge in [0.15, 0.2) is 0 Å². The van der Waals surface area contributed by atoms with Crippen LogP contribution in [0.2, 0.25) is 0 Å². The number of thiazole rings is 1. The third-order valence-corrected chi connectivity index (χ3v) is 8.25. The molecule has 0 spiro atoms. The first kappa shape index (κ1) is 23.5. The van der Waals surface area contributed by atoms with Crippen LogP contribution < -0.4 is 9.47 Å².